The fourth-order valence-corrected chi connectivity index (χ4v) is 5.51. The molecule has 0 spiro atoms. The third kappa shape index (κ3) is 4.83. The van der Waals surface area contributed by atoms with Crippen LogP contribution in [0.4, 0.5) is 5.69 Å². The molecular formula is C34H36N2. The SMILES string of the molecule is CC(C)c1ccccc1N1[C]N(CC(C)(C)c2ccccc2)[C@H](c2ccccc2)[C@H]1c1ccccc1. The van der Waals surface area contributed by atoms with E-state index in [1.807, 2.05) is 0 Å². The molecular weight excluding hydrogens is 436 g/mol. The molecule has 1 saturated heterocycles. The van der Waals surface area contributed by atoms with Crippen LogP contribution in [0.25, 0.3) is 0 Å². The fraction of sp³-hybridized carbons (Fsp3) is 0.265. The normalized spacial score (nSPS) is 18.6. The predicted molar refractivity (Wildman–Crippen MR) is 151 cm³/mol. The van der Waals surface area contributed by atoms with Crippen molar-refractivity contribution in [2.75, 3.05) is 11.4 Å². The van der Waals surface area contributed by atoms with Gasteiger partial charge in [0.15, 0.2) is 6.67 Å². The van der Waals surface area contributed by atoms with Crippen LogP contribution >= 0.6 is 0 Å². The molecule has 2 nitrogen and oxygen atoms in total. The van der Waals surface area contributed by atoms with E-state index in [1.54, 1.807) is 0 Å². The van der Waals surface area contributed by atoms with Crippen molar-refractivity contribution in [2.45, 2.75) is 51.1 Å². The van der Waals surface area contributed by atoms with Gasteiger partial charge >= 0.3 is 0 Å². The van der Waals surface area contributed by atoms with Crippen LogP contribution in [0.2, 0.25) is 0 Å². The zero-order valence-corrected chi connectivity index (χ0v) is 21.8. The summed E-state index contributed by atoms with van der Waals surface area (Å²) in [6, 6.07) is 41.8. The molecule has 1 fully saturated rings. The van der Waals surface area contributed by atoms with Gasteiger partial charge in [-0.05, 0) is 34.2 Å². The minimum absolute atomic E-state index is 0.0455. The Labute approximate surface area is 217 Å². The summed E-state index contributed by atoms with van der Waals surface area (Å²) in [6.07, 6.45) is 0. The molecule has 0 saturated carbocycles. The van der Waals surface area contributed by atoms with Gasteiger partial charge in [-0.25, -0.2) is 0 Å². The van der Waals surface area contributed by atoms with E-state index in [0.717, 1.165) is 6.54 Å². The van der Waals surface area contributed by atoms with Crippen LogP contribution in [0, 0.1) is 6.67 Å². The molecule has 5 rings (SSSR count). The van der Waals surface area contributed by atoms with Crippen molar-refractivity contribution in [3.8, 4) is 0 Å². The zero-order chi connectivity index (χ0) is 25.1. The average Bonchev–Trinajstić information content (AvgIpc) is 3.28. The molecule has 0 N–H and O–H groups in total. The van der Waals surface area contributed by atoms with Crippen LogP contribution in [0.5, 0.6) is 0 Å². The van der Waals surface area contributed by atoms with Crippen LogP contribution in [-0.4, -0.2) is 11.4 Å². The van der Waals surface area contributed by atoms with Crippen LogP contribution in [-0.2, 0) is 5.41 Å². The predicted octanol–water partition coefficient (Wildman–Crippen LogP) is 8.39. The second-order valence-corrected chi connectivity index (χ2v) is 10.8. The number of nitrogens with zero attached hydrogens (tertiary/aromatic N) is 2. The van der Waals surface area contributed by atoms with Gasteiger partial charge in [0.05, 0.1) is 12.1 Å². The van der Waals surface area contributed by atoms with E-state index >= 15 is 0 Å². The Kier molecular flexibility index (Phi) is 6.98. The number of para-hydroxylation sites is 1. The summed E-state index contributed by atoms with van der Waals surface area (Å²) in [4.78, 5) is 4.86. The molecule has 36 heavy (non-hydrogen) atoms. The van der Waals surface area contributed by atoms with E-state index in [2.05, 4.69) is 159 Å². The van der Waals surface area contributed by atoms with E-state index in [4.69, 9.17) is 0 Å². The second kappa shape index (κ2) is 10.3. The highest BCUT2D eigenvalue weighted by Gasteiger charge is 2.45. The molecule has 0 unspecified atom stereocenters. The molecule has 2 atom stereocenters. The maximum absolute atomic E-state index is 3.89. The third-order valence-electron chi connectivity index (χ3n) is 7.37. The lowest BCUT2D eigenvalue weighted by Gasteiger charge is -2.34. The van der Waals surface area contributed by atoms with E-state index in [9.17, 15) is 0 Å². The summed E-state index contributed by atoms with van der Waals surface area (Å²) >= 11 is 0. The fourth-order valence-electron chi connectivity index (χ4n) is 5.51. The molecule has 0 aliphatic carbocycles. The minimum Gasteiger partial charge on any atom is -0.337 e. The Balaban J connectivity index is 1.64. The number of hydrogen-bond acceptors (Lipinski definition) is 2. The van der Waals surface area contributed by atoms with Gasteiger partial charge < -0.3 is 4.90 Å². The Morgan fingerprint density at radius 3 is 1.75 bits per heavy atom. The number of rotatable bonds is 7. The molecule has 4 aromatic rings. The molecule has 4 aromatic carbocycles. The maximum Gasteiger partial charge on any atom is 0.178 e. The quantitative estimate of drug-likeness (QED) is 0.266. The van der Waals surface area contributed by atoms with Gasteiger partial charge in [-0.3, -0.25) is 4.90 Å². The van der Waals surface area contributed by atoms with Crippen molar-refractivity contribution in [3.63, 3.8) is 0 Å². The van der Waals surface area contributed by atoms with Gasteiger partial charge in [0.1, 0.15) is 0 Å². The summed E-state index contributed by atoms with van der Waals surface area (Å²) in [7, 11) is 0. The Morgan fingerprint density at radius 1 is 0.667 bits per heavy atom. The number of hydrogen-bond donors (Lipinski definition) is 0. The summed E-state index contributed by atoms with van der Waals surface area (Å²) in [5, 5.41) is 0. The Morgan fingerprint density at radius 2 is 1.17 bits per heavy atom. The first-order chi connectivity index (χ1) is 17.5. The molecule has 2 heteroatoms. The first-order valence-corrected chi connectivity index (χ1v) is 13.0. The molecule has 182 valence electrons. The van der Waals surface area contributed by atoms with Crippen LogP contribution in [0.3, 0.4) is 0 Å². The average molecular weight is 473 g/mol. The van der Waals surface area contributed by atoms with Crippen molar-refractivity contribution in [1.29, 1.82) is 0 Å². The molecule has 1 aliphatic rings. The van der Waals surface area contributed by atoms with Crippen LogP contribution in [0.15, 0.2) is 115 Å². The van der Waals surface area contributed by atoms with Gasteiger partial charge in [0, 0.05) is 17.6 Å². The molecule has 2 radical (unpaired) electrons. The second-order valence-electron chi connectivity index (χ2n) is 10.8. The monoisotopic (exact) mass is 472 g/mol. The third-order valence-corrected chi connectivity index (χ3v) is 7.37. The van der Waals surface area contributed by atoms with Crippen molar-refractivity contribution >= 4 is 5.69 Å². The highest BCUT2D eigenvalue weighted by atomic mass is 15.4. The van der Waals surface area contributed by atoms with E-state index < -0.39 is 0 Å². The molecule has 0 bridgehead atoms. The molecule has 1 aliphatic heterocycles. The van der Waals surface area contributed by atoms with Gasteiger partial charge in [0.25, 0.3) is 0 Å². The van der Waals surface area contributed by atoms with E-state index in [1.165, 1.54) is 27.9 Å². The van der Waals surface area contributed by atoms with Crippen molar-refractivity contribution in [3.05, 3.63) is 144 Å². The first kappa shape index (κ1) is 24.3. The van der Waals surface area contributed by atoms with Gasteiger partial charge in [0.2, 0.25) is 0 Å². The molecule has 0 amide bonds. The first-order valence-electron chi connectivity index (χ1n) is 13.0. The maximum atomic E-state index is 3.89. The highest BCUT2D eigenvalue weighted by Crippen LogP contribution is 2.50. The topological polar surface area (TPSA) is 6.48 Å². The lowest BCUT2D eigenvalue weighted by molar-refractivity contribution is 0.228. The summed E-state index contributed by atoms with van der Waals surface area (Å²) < 4.78 is 0. The Hall–Kier alpha value is -3.36. The highest BCUT2D eigenvalue weighted by molar-refractivity contribution is 5.60. The van der Waals surface area contributed by atoms with Gasteiger partial charge in [-0.1, -0.05) is 137 Å². The zero-order valence-electron chi connectivity index (χ0n) is 21.8. The van der Waals surface area contributed by atoms with Gasteiger partial charge in [-0.2, -0.15) is 0 Å². The minimum atomic E-state index is -0.0455. The summed E-state index contributed by atoms with van der Waals surface area (Å²) in [6.45, 7) is 14.0. The number of benzene rings is 4. The lowest BCUT2D eigenvalue weighted by Crippen LogP contribution is -2.36. The van der Waals surface area contributed by atoms with Crippen molar-refractivity contribution < 1.29 is 0 Å². The summed E-state index contributed by atoms with van der Waals surface area (Å²) in [5.74, 6) is 0.421. The van der Waals surface area contributed by atoms with Crippen molar-refractivity contribution in [1.82, 2.24) is 4.90 Å². The smallest absolute Gasteiger partial charge is 0.178 e. The Bertz CT molecular complexity index is 1250. The lowest BCUT2D eigenvalue weighted by atomic mass is 9.83. The van der Waals surface area contributed by atoms with Crippen molar-refractivity contribution in [2.24, 2.45) is 0 Å². The summed E-state index contributed by atoms with van der Waals surface area (Å²) in [5.41, 5.74) is 6.50. The molecule has 1 heterocycles. The van der Waals surface area contributed by atoms with E-state index in [-0.39, 0.29) is 17.5 Å². The number of anilines is 1. The van der Waals surface area contributed by atoms with Crippen LogP contribution < -0.4 is 4.90 Å². The van der Waals surface area contributed by atoms with E-state index in [0.29, 0.717) is 5.92 Å². The molecule has 0 aromatic heterocycles. The van der Waals surface area contributed by atoms with Gasteiger partial charge in [-0.15, -0.1) is 0 Å². The van der Waals surface area contributed by atoms with Crippen LogP contribution in [0.1, 0.15) is 68.0 Å². The standard InChI is InChI=1S/C34H36N2/c1-26(2)30-22-14-15-23-31(30)36-25-35(24-34(3,4)29-20-12-7-13-21-29)32(27-16-8-5-9-17-27)33(36)28-18-10-6-11-19-28/h5-23,26,32-33H,24H2,1-4H3/t32-,33-/m1/s1. The largest absolute Gasteiger partial charge is 0.337 e.